The summed E-state index contributed by atoms with van der Waals surface area (Å²) in [6.07, 6.45) is 0.942. The Morgan fingerprint density at radius 1 is 1.26 bits per heavy atom. The maximum atomic E-state index is 11.8. The average molecular weight is 362 g/mol. The molecule has 5 nitrogen and oxygen atoms in total. The van der Waals surface area contributed by atoms with Gasteiger partial charge in [0.15, 0.2) is 12.7 Å². The highest BCUT2D eigenvalue weighted by molar-refractivity contribution is 6.35. The van der Waals surface area contributed by atoms with Crippen molar-refractivity contribution in [1.29, 1.82) is 0 Å². The van der Waals surface area contributed by atoms with Gasteiger partial charge in [-0.3, -0.25) is 4.79 Å². The van der Waals surface area contributed by atoms with Crippen LogP contribution in [-0.2, 0) is 14.3 Å². The smallest absolute Gasteiger partial charge is 0.347 e. The van der Waals surface area contributed by atoms with Gasteiger partial charge in [0.25, 0.3) is 5.91 Å². The zero-order valence-electron chi connectivity index (χ0n) is 13.4. The van der Waals surface area contributed by atoms with Crippen molar-refractivity contribution in [1.82, 2.24) is 5.32 Å². The van der Waals surface area contributed by atoms with Crippen molar-refractivity contribution in [3.8, 4) is 5.75 Å². The van der Waals surface area contributed by atoms with Crippen LogP contribution in [0.5, 0.6) is 5.75 Å². The largest absolute Gasteiger partial charge is 0.477 e. The van der Waals surface area contributed by atoms with Gasteiger partial charge in [0.05, 0.1) is 5.02 Å². The Morgan fingerprint density at radius 2 is 1.96 bits per heavy atom. The van der Waals surface area contributed by atoms with Crippen LogP contribution in [0.25, 0.3) is 0 Å². The number of hydrogen-bond donors (Lipinski definition) is 1. The van der Waals surface area contributed by atoms with Crippen molar-refractivity contribution in [2.75, 3.05) is 6.61 Å². The first kappa shape index (κ1) is 19.6. The maximum absolute atomic E-state index is 11.8. The molecule has 0 bridgehead atoms. The average Bonchev–Trinajstić information content (AvgIpc) is 2.47. The van der Waals surface area contributed by atoms with E-state index in [2.05, 4.69) is 5.32 Å². The molecular formula is C16H21Cl2NO4. The van der Waals surface area contributed by atoms with E-state index in [1.165, 1.54) is 13.0 Å². The summed E-state index contributed by atoms with van der Waals surface area (Å²) in [5.74, 6) is -0.660. The molecule has 0 aromatic heterocycles. The fourth-order valence-corrected chi connectivity index (χ4v) is 2.34. The Kier molecular flexibility index (Phi) is 8.20. The molecule has 0 aliphatic rings. The fourth-order valence-electron chi connectivity index (χ4n) is 1.89. The minimum absolute atomic E-state index is 0.0488. The summed E-state index contributed by atoms with van der Waals surface area (Å²) >= 11 is 11.8. The Balaban J connectivity index is 2.43. The molecule has 0 aliphatic carbocycles. The quantitative estimate of drug-likeness (QED) is 0.718. The summed E-state index contributed by atoms with van der Waals surface area (Å²) < 4.78 is 10.4. The molecule has 1 aromatic rings. The molecule has 7 heteroatoms. The van der Waals surface area contributed by atoms with Gasteiger partial charge in [-0.15, -0.1) is 0 Å². The number of amides is 1. The highest BCUT2D eigenvalue weighted by Gasteiger charge is 2.19. The Morgan fingerprint density at radius 3 is 2.57 bits per heavy atom. The van der Waals surface area contributed by atoms with Crippen LogP contribution >= 0.6 is 23.2 Å². The van der Waals surface area contributed by atoms with Crippen molar-refractivity contribution >= 4 is 35.1 Å². The van der Waals surface area contributed by atoms with Crippen LogP contribution in [0.1, 0.15) is 33.6 Å². The van der Waals surface area contributed by atoms with Crippen molar-refractivity contribution in [3.63, 3.8) is 0 Å². The molecule has 0 aliphatic heterocycles. The highest BCUT2D eigenvalue weighted by atomic mass is 35.5. The number of carbonyl (C=O) groups is 2. The van der Waals surface area contributed by atoms with Gasteiger partial charge in [-0.05, 0) is 38.5 Å². The van der Waals surface area contributed by atoms with E-state index in [1.807, 2.05) is 13.8 Å². The Bertz CT molecular complexity index is 551. The van der Waals surface area contributed by atoms with E-state index in [1.54, 1.807) is 12.1 Å². The minimum Gasteiger partial charge on any atom is -0.477 e. The molecule has 23 heavy (non-hydrogen) atoms. The lowest BCUT2D eigenvalue weighted by molar-refractivity contribution is -0.154. The van der Waals surface area contributed by atoms with Crippen LogP contribution in [0.3, 0.4) is 0 Å². The van der Waals surface area contributed by atoms with Crippen molar-refractivity contribution < 1.29 is 19.1 Å². The zero-order valence-corrected chi connectivity index (χ0v) is 14.9. The number of nitrogens with one attached hydrogen (secondary N) is 1. The standard InChI is InChI=1S/C16H21Cl2NO4/c1-4-5-10(2)19-15(20)9-22-16(21)11(3)23-14-7-6-12(17)8-13(14)18/h6-8,10-11H,4-5,9H2,1-3H3,(H,19,20)/t10-,11+/m0/s1. The monoisotopic (exact) mass is 361 g/mol. The highest BCUT2D eigenvalue weighted by Crippen LogP contribution is 2.28. The lowest BCUT2D eigenvalue weighted by Crippen LogP contribution is -2.37. The Hall–Kier alpha value is -1.46. The van der Waals surface area contributed by atoms with Crippen molar-refractivity contribution in [3.05, 3.63) is 28.2 Å². The fraction of sp³-hybridized carbons (Fsp3) is 0.500. The maximum Gasteiger partial charge on any atom is 0.347 e. The molecule has 0 heterocycles. The van der Waals surface area contributed by atoms with E-state index in [0.29, 0.717) is 15.8 Å². The molecular weight excluding hydrogens is 341 g/mol. The van der Waals surface area contributed by atoms with Crippen molar-refractivity contribution in [2.24, 2.45) is 0 Å². The van der Waals surface area contributed by atoms with Gasteiger partial charge in [-0.1, -0.05) is 36.5 Å². The van der Waals surface area contributed by atoms with Crippen LogP contribution in [0.2, 0.25) is 10.0 Å². The van der Waals surface area contributed by atoms with Gasteiger partial charge in [0, 0.05) is 11.1 Å². The second-order valence-corrected chi connectivity index (χ2v) is 6.04. The third-order valence-corrected chi connectivity index (χ3v) is 3.53. The van der Waals surface area contributed by atoms with Gasteiger partial charge < -0.3 is 14.8 Å². The van der Waals surface area contributed by atoms with Gasteiger partial charge in [0.1, 0.15) is 5.75 Å². The topological polar surface area (TPSA) is 64.6 Å². The van der Waals surface area contributed by atoms with Gasteiger partial charge in [-0.2, -0.15) is 0 Å². The zero-order chi connectivity index (χ0) is 17.4. The summed E-state index contributed by atoms with van der Waals surface area (Å²) in [7, 11) is 0. The minimum atomic E-state index is -0.894. The number of halogens is 2. The van der Waals surface area contributed by atoms with E-state index in [-0.39, 0.29) is 18.6 Å². The number of esters is 1. The lowest BCUT2D eigenvalue weighted by atomic mass is 10.2. The Labute approximate surface area is 146 Å². The van der Waals surface area contributed by atoms with Crippen LogP contribution in [0, 0.1) is 0 Å². The number of ether oxygens (including phenoxy) is 2. The summed E-state index contributed by atoms with van der Waals surface area (Å²) in [4.78, 5) is 23.5. The number of hydrogen-bond acceptors (Lipinski definition) is 4. The molecule has 0 spiro atoms. The van der Waals surface area contributed by atoms with Crippen molar-refractivity contribution in [2.45, 2.75) is 45.8 Å². The molecule has 0 unspecified atom stereocenters. The second kappa shape index (κ2) is 9.63. The van der Waals surface area contributed by atoms with Gasteiger partial charge >= 0.3 is 5.97 Å². The second-order valence-electron chi connectivity index (χ2n) is 5.20. The SMILES string of the molecule is CCC[C@H](C)NC(=O)COC(=O)[C@@H](C)Oc1ccc(Cl)cc1Cl. The first-order valence-corrected chi connectivity index (χ1v) is 8.16. The normalized spacial score (nSPS) is 13.1. The molecule has 0 fully saturated rings. The van der Waals surface area contributed by atoms with Gasteiger partial charge in [0.2, 0.25) is 0 Å². The van der Waals surface area contributed by atoms with E-state index in [0.717, 1.165) is 12.8 Å². The number of rotatable bonds is 8. The summed E-state index contributed by atoms with van der Waals surface area (Å²) in [6, 6.07) is 4.73. The summed E-state index contributed by atoms with van der Waals surface area (Å²) in [5, 5.41) is 3.51. The predicted molar refractivity (Wildman–Crippen MR) is 90.0 cm³/mol. The first-order chi connectivity index (χ1) is 10.8. The molecule has 0 saturated carbocycles. The third-order valence-electron chi connectivity index (χ3n) is 3.00. The summed E-state index contributed by atoms with van der Waals surface area (Å²) in [5.41, 5.74) is 0. The summed E-state index contributed by atoms with van der Waals surface area (Å²) in [6.45, 7) is 5.11. The molecule has 1 aromatic carbocycles. The van der Waals surface area contributed by atoms with Crippen LogP contribution < -0.4 is 10.1 Å². The van der Waals surface area contributed by atoms with Crippen LogP contribution in [-0.4, -0.2) is 30.6 Å². The lowest BCUT2D eigenvalue weighted by Gasteiger charge is -2.16. The number of benzene rings is 1. The molecule has 128 valence electrons. The third kappa shape index (κ3) is 7.10. The molecule has 0 saturated heterocycles. The van der Waals surface area contributed by atoms with Crippen LogP contribution in [0.15, 0.2) is 18.2 Å². The molecule has 1 N–H and O–H groups in total. The van der Waals surface area contributed by atoms with Crippen LogP contribution in [0.4, 0.5) is 0 Å². The molecule has 1 amide bonds. The van der Waals surface area contributed by atoms with E-state index in [9.17, 15) is 9.59 Å². The van der Waals surface area contributed by atoms with E-state index >= 15 is 0 Å². The number of carbonyl (C=O) groups excluding carboxylic acids is 2. The van der Waals surface area contributed by atoms with E-state index < -0.39 is 12.1 Å². The predicted octanol–water partition coefficient (Wildman–Crippen LogP) is 3.61. The molecule has 1 rings (SSSR count). The first-order valence-electron chi connectivity index (χ1n) is 7.41. The van der Waals surface area contributed by atoms with Gasteiger partial charge in [-0.25, -0.2) is 4.79 Å². The van der Waals surface area contributed by atoms with E-state index in [4.69, 9.17) is 32.7 Å². The molecule has 0 radical (unpaired) electrons. The molecule has 2 atom stereocenters.